The first-order valence-electron chi connectivity index (χ1n) is 8.83. The van der Waals surface area contributed by atoms with Crippen LogP contribution < -0.4 is 10.6 Å². The van der Waals surface area contributed by atoms with E-state index in [9.17, 15) is 0 Å². The predicted octanol–water partition coefficient (Wildman–Crippen LogP) is 3.32. The molecule has 0 bridgehead atoms. The van der Waals surface area contributed by atoms with Gasteiger partial charge in [0.1, 0.15) is 0 Å². The molecule has 0 aliphatic heterocycles. The lowest BCUT2D eigenvalue weighted by Crippen LogP contribution is -2.38. The molecule has 5 nitrogen and oxygen atoms in total. The Bertz CT molecular complexity index is 649. The van der Waals surface area contributed by atoms with E-state index in [-0.39, 0.29) is 24.0 Å². The number of pyridine rings is 1. The van der Waals surface area contributed by atoms with Gasteiger partial charge in [0, 0.05) is 25.5 Å². The molecule has 1 aromatic heterocycles. The summed E-state index contributed by atoms with van der Waals surface area (Å²) in [6, 6.07) is 12.3. The minimum absolute atomic E-state index is 0. The summed E-state index contributed by atoms with van der Waals surface area (Å²) in [5.41, 5.74) is 3.72. The van der Waals surface area contributed by atoms with Gasteiger partial charge >= 0.3 is 0 Å². The van der Waals surface area contributed by atoms with Crippen LogP contribution in [0.4, 0.5) is 0 Å². The van der Waals surface area contributed by atoms with E-state index in [2.05, 4.69) is 52.7 Å². The van der Waals surface area contributed by atoms with Crippen molar-refractivity contribution in [3.8, 4) is 0 Å². The molecule has 1 aromatic carbocycles. The van der Waals surface area contributed by atoms with Crippen molar-refractivity contribution in [2.45, 2.75) is 26.9 Å². The van der Waals surface area contributed by atoms with Crippen molar-refractivity contribution < 1.29 is 4.74 Å². The SMILES string of the molecule is CCNC(=NCCOCc1ccccc1)NCCc1ccncc1C.I. The number of hydrogen-bond acceptors (Lipinski definition) is 3. The first kappa shape index (κ1) is 22.4. The normalized spacial score (nSPS) is 10.9. The summed E-state index contributed by atoms with van der Waals surface area (Å²) in [5.74, 6) is 0.831. The summed E-state index contributed by atoms with van der Waals surface area (Å²) in [4.78, 5) is 8.68. The van der Waals surface area contributed by atoms with Crippen molar-refractivity contribution in [2.75, 3.05) is 26.2 Å². The fraction of sp³-hybridized carbons (Fsp3) is 0.400. The first-order valence-corrected chi connectivity index (χ1v) is 8.83. The van der Waals surface area contributed by atoms with Crippen LogP contribution in [0.1, 0.15) is 23.6 Å². The highest BCUT2D eigenvalue weighted by molar-refractivity contribution is 14.0. The molecule has 0 atom stereocenters. The van der Waals surface area contributed by atoms with Crippen LogP contribution in [0, 0.1) is 6.92 Å². The Balaban J connectivity index is 0.00000338. The van der Waals surface area contributed by atoms with Gasteiger partial charge in [0.15, 0.2) is 5.96 Å². The predicted molar refractivity (Wildman–Crippen MR) is 118 cm³/mol. The van der Waals surface area contributed by atoms with E-state index < -0.39 is 0 Å². The Labute approximate surface area is 173 Å². The molecule has 0 saturated carbocycles. The van der Waals surface area contributed by atoms with Crippen LogP contribution in [0.3, 0.4) is 0 Å². The van der Waals surface area contributed by atoms with Crippen molar-refractivity contribution in [2.24, 2.45) is 4.99 Å². The third-order valence-electron chi connectivity index (χ3n) is 3.78. The fourth-order valence-corrected chi connectivity index (χ4v) is 2.43. The van der Waals surface area contributed by atoms with Gasteiger partial charge in [-0.3, -0.25) is 9.98 Å². The van der Waals surface area contributed by atoms with E-state index in [1.54, 1.807) is 0 Å². The molecule has 6 heteroatoms. The molecule has 0 radical (unpaired) electrons. The lowest BCUT2D eigenvalue weighted by Gasteiger charge is -2.12. The number of ether oxygens (including phenoxy) is 1. The zero-order valence-electron chi connectivity index (χ0n) is 15.6. The number of aliphatic imine (C=N–C) groups is 1. The summed E-state index contributed by atoms with van der Waals surface area (Å²) in [5, 5.41) is 6.63. The second-order valence-corrected chi connectivity index (χ2v) is 5.78. The Hall–Kier alpha value is -1.67. The second kappa shape index (κ2) is 13.5. The Morgan fingerprint density at radius 3 is 2.69 bits per heavy atom. The maximum absolute atomic E-state index is 5.67. The van der Waals surface area contributed by atoms with E-state index in [0.29, 0.717) is 19.8 Å². The Morgan fingerprint density at radius 1 is 1.15 bits per heavy atom. The van der Waals surface area contributed by atoms with E-state index >= 15 is 0 Å². The molecule has 0 aliphatic carbocycles. The lowest BCUT2D eigenvalue weighted by molar-refractivity contribution is 0.128. The lowest BCUT2D eigenvalue weighted by atomic mass is 10.1. The molecule has 2 rings (SSSR count). The Morgan fingerprint density at radius 2 is 1.96 bits per heavy atom. The molecule has 26 heavy (non-hydrogen) atoms. The number of nitrogens with one attached hydrogen (secondary N) is 2. The van der Waals surface area contributed by atoms with E-state index in [1.807, 2.05) is 30.6 Å². The summed E-state index contributed by atoms with van der Waals surface area (Å²) < 4.78 is 5.67. The van der Waals surface area contributed by atoms with Gasteiger partial charge in [-0.15, -0.1) is 24.0 Å². The van der Waals surface area contributed by atoms with Crippen molar-refractivity contribution in [3.05, 3.63) is 65.5 Å². The number of aromatic nitrogens is 1. The fourth-order valence-electron chi connectivity index (χ4n) is 2.43. The van der Waals surface area contributed by atoms with Crippen LogP contribution >= 0.6 is 24.0 Å². The van der Waals surface area contributed by atoms with E-state index in [0.717, 1.165) is 25.5 Å². The molecule has 2 N–H and O–H groups in total. The van der Waals surface area contributed by atoms with Gasteiger partial charge in [-0.25, -0.2) is 0 Å². The summed E-state index contributed by atoms with van der Waals surface area (Å²) in [7, 11) is 0. The third-order valence-corrected chi connectivity index (χ3v) is 3.78. The van der Waals surface area contributed by atoms with Gasteiger partial charge < -0.3 is 15.4 Å². The molecular weight excluding hydrogens is 439 g/mol. The van der Waals surface area contributed by atoms with Crippen LogP contribution in [0.2, 0.25) is 0 Å². The first-order chi connectivity index (χ1) is 12.3. The van der Waals surface area contributed by atoms with Crippen LogP contribution in [-0.4, -0.2) is 37.2 Å². The largest absolute Gasteiger partial charge is 0.375 e. The zero-order chi connectivity index (χ0) is 17.7. The molecule has 1 heterocycles. The van der Waals surface area contributed by atoms with Crippen molar-refractivity contribution in [3.63, 3.8) is 0 Å². The van der Waals surface area contributed by atoms with Crippen LogP contribution in [0.5, 0.6) is 0 Å². The van der Waals surface area contributed by atoms with Crippen LogP contribution in [0.25, 0.3) is 0 Å². The minimum Gasteiger partial charge on any atom is -0.375 e. The highest BCUT2D eigenvalue weighted by atomic mass is 127. The van der Waals surface area contributed by atoms with Crippen LogP contribution in [-0.2, 0) is 17.8 Å². The number of benzene rings is 1. The number of rotatable bonds is 9. The molecule has 0 aliphatic rings. The maximum atomic E-state index is 5.67. The average Bonchev–Trinajstić information content (AvgIpc) is 2.64. The van der Waals surface area contributed by atoms with Crippen molar-refractivity contribution in [1.82, 2.24) is 15.6 Å². The van der Waals surface area contributed by atoms with Crippen molar-refractivity contribution in [1.29, 1.82) is 0 Å². The average molecular weight is 468 g/mol. The van der Waals surface area contributed by atoms with Gasteiger partial charge in [-0.1, -0.05) is 30.3 Å². The van der Waals surface area contributed by atoms with Gasteiger partial charge in [0.05, 0.1) is 19.8 Å². The van der Waals surface area contributed by atoms with E-state index in [1.165, 1.54) is 16.7 Å². The molecule has 0 unspecified atom stereocenters. The summed E-state index contributed by atoms with van der Waals surface area (Å²) >= 11 is 0. The molecule has 142 valence electrons. The zero-order valence-corrected chi connectivity index (χ0v) is 17.9. The number of halogens is 1. The molecule has 0 fully saturated rings. The molecule has 0 saturated heterocycles. The van der Waals surface area contributed by atoms with Gasteiger partial charge in [-0.05, 0) is 43.0 Å². The summed E-state index contributed by atoms with van der Waals surface area (Å²) in [6.45, 7) is 7.70. The molecule has 2 aromatic rings. The standard InChI is InChI=1S/C20H28N4O.HI/c1-3-22-20(23-12-10-19-9-11-21-15-17(19)2)24-13-14-25-16-18-7-5-4-6-8-18;/h4-9,11,15H,3,10,12-14,16H2,1-2H3,(H2,22,23,24);1H. The molecule has 0 amide bonds. The number of aryl methyl sites for hydroxylation is 1. The monoisotopic (exact) mass is 468 g/mol. The Kier molecular flexibility index (Phi) is 11.6. The van der Waals surface area contributed by atoms with E-state index in [4.69, 9.17) is 4.74 Å². The van der Waals surface area contributed by atoms with Crippen LogP contribution in [0.15, 0.2) is 53.8 Å². The second-order valence-electron chi connectivity index (χ2n) is 5.78. The highest BCUT2D eigenvalue weighted by Gasteiger charge is 2.00. The summed E-state index contributed by atoms with van der Waals surface area (Å²) in [6.07, 6.45) is 4.69. The smallest absolute Gasteiger partial charge is 0.191 e. The topological polar surface area (TPSA) is 58.5 Å². The molecule has 0 spiro atoms. The van der Waals surface area contributed by atoms with Crippen molar-refractivity contribution >= 4 is 29.9 Å². The highest BCUT2D eigenvalue weighted by Crippen LogP contribution is 2.04. The maximum Gasteiger partial charge on any atom is 0.191 e. The quantitative estimate of drug-likeness (QED) is 0.257. The van der Waals surface area contributed by atoms with Gasteiger partial charge in [0.2, 0.25) is 0 Å². The number of nitrogens with zero attached hydrogens (tertiary/aromatic N) is 2. The number of guanidine groups is 1. The third kappa shape index (κ3) is 8.62. The van der Waals surface area contributed by atoms with Gasteiger partial charge in [0.25, 0.3) is 0 Å². The number of hydrogen-bond donors (Lipinski definition) is 2. The minimum atomic E-state index is 0. The van der Waals surface area contributed by atoms with Gasteiger partial charge in [-0.2, -0.15) is 0 Å². The molecular formula is C20H29IN4O.